The fraction of sp³-hybridized carbons (Fsp3) is 0.833. The van der Waals surface area contributed by atoms with Gasteiger partial charge in [0.15, 0.2) is 0 Å². The van der Waals surface area contributed by atoms with Gasteiger partial charge in [-0.15, -0.1) is 0 Å². The first-order valence-corrected chi connectivity index (χ1v) is 6.36. The molecule has 1 rings (SSSR count). The molecule has 98 valence electrons. The maximum Gasteiger partial charge on any atom is 0.307 e. The van der Waals surface area contributed by atoms with Crippen molar-refractivity contribution in [2.75, 3.05) is 26.2 Å². The Labute approximate surface area is 102 Å². The van der Waals surface area contributed by atoms with E-state index in [1.165, 1.54) is 0 Å². The Bertz CT molecular complexity index is 268. The summed E-state index contributed by atoms with van der Waals surface area (Å²) in [6, 6.07) is -0.0582. The summed E-state index contributed by atoms with van der Waals surface area (Å²) in [5.74, 6) is -0.118. The van der Waals surface area contributed by atoms with Crippen LogP contribution in [0.2, 0.25) is 0 Å². The summed E-state index contributed by atoms with van der Waals surface area (Å²) in [6.45, 7) is 6.33. The number of hydrogen-bond acceptors (Lipinski definition) is 4. The molecule has 0 aromatic rings. The molecule has 5 nitrogen and oxygen atoms in total. The molecule has 1 aliphatic heterocycles. The normalized spacial score (nSPS) is 19.8. The molecule has 1 unspecified atom stereocenters. The van der Waals surface area contributed by atoms with Crippen molar-refractivity contribution in [3.05, 3.63) is 0 Å². The Kier molecular flexibility index (Phi) is 5.97. The molecular formula is C12H22N2O3. The second-order valence-corrected chi connectivity index (χ2v) is 4.18. The molecule has 17 heavy (non-hydrogen) atoms. The quantitative estimate of drug-likeness (QED) is 0.662. The van der Waals surface area contributed by atoms with Gasteiger partial charge >= 0.3 is 5.97 Å². The third-order valence-corrected chi connectivity index (χ3v) is 2.83. The van der Waals surface area contributed by atoms with Crippen LogP contribution in [0, 0.1) is 0 Å². The maximum absolute atomic E-state index is 11.9. The Morgan fingerprint density at radius 2 is 2.29 bits per heavy atom. The lowest BCUT2D eigenvalue weighted by Gasteiger charge is -2.16. The van der Waals surface area contributed by atoms with Gasteiger partial charge < -0.3 is 15.0 Å². The van der Waals surface area contributed by atoms with Gasteiger partial charge in [-0.2, -0.15) is 0 Å². The van der Waals surface area contributed by atoms with E-state index < -0.39 is 0 Å². The Morgan fingerprint density at radius 3 is 2.94 bits per heavy atom. The zero-order valence-corrected chi connectivity index (χ0v) is 10.7. The van der Waals surface area contributed by atoms with Crippen molar-refractivity contribution in [2.24, 2.45) is 0 Å². The van der Waals surface area contributed by atoms with Gasteiger partial charge in [-0.3, -0.25) is 9.59 Å². The highest BCUT2D eigenvalue weighted by Crippen LogP contribution is 2.11. The van der Waals surface area contributed by atoms with E-state index in [0.29, 0.717) is 19.6 Å². The van der Waals surface area contributed by atoms with E-state index in [2.05, 4.69) is 12.2 Å². The molecule has 1 amide bonds. The Balaban J connectivity index is 2.27. The zero-order chi connectivity index (χ0) is 12.7. The minimum absolute atomic E-state index is 0.0582. The SMILES string of the molecule is CCCNC1CCN(CCC(=O)OCC)C1=O. The second kappa shape index (κ2) is 7.27. The first-order valence-electron chi connectivity index (χ1n) is 6.36. The maximum atomic E-state index is 11.9. The highest BCUT2D eigenvalue weighted by atomic mass is 16.5. The number of amides is 1. The Morgan fingerprint density at radius 1 is 1.53 bits per heavy atom. The molecule has 0 radical (unpaired) electrons. The predicted molar refractivity (Wildman–Crippen MR) is 64.5 cm³/mol. The summed E-state index contributed by atoms with van der Waals surface area (Å²) in [5, 5.41) is 3.22. The highest BCUT2D eigenvalue weighted by Gasteiger charge is 2.30. The molecule has 1 heterocycles. The number of carbonyl (C=O) groups is 2. The third-order valence-electron chi connectivity index (χ3n) is 2.83. The average Bonchev–Trinajstić information content (AvgIpc) is 2.66. The van der Waals surface area contributed by atoms with Crippen LogP contribution in [-0.2, 0) is 14.3 Å². The van der Waals surface area contributed by atoms with Crippen molar-refractivity contribution in [1.29, 1.82) is 0 Å². The molecule has 1 saturated heterocycles. The minimum atomic E-state index is -0.231. The van der Waals surface area contributed by atoms with E-state index in [1.807, 2.05) is 0 Å². The number of rotatable bonds is 7. The first-order chi connectivity index (χ1) is 8.19. The second-order valence-electron chi connectivity index (χ2n) is 4.18. The fourth-order valence-corrected chi connectivity index (χ4v) is 1.93. The smallest absolute Gasteiger partial charge is 0.307 e. The van der Waals surface area contributed by atoms with Crippen LogP contribution in [0.5, 0.6) is 0 Å². The molecule has 0 aliphatic carbocycles. The molecular weight excluding hydrogens is 220 g/mol. The van der Waals surface area contributed by atoms with Gasteiger partial charge in [0.05, 0.1) is 19.1 Å². The summed E-state index contributed by atoms with van der Waals surface area (Å²) in [6.07, 6.45) is 2.15. The number of nitrogens with one attached hydrogen (secondary N) is 1. The molecule has 0 bridgehead atoms. The summed E-state index contributed by atoms with van der Waals surface area (Å²) >= 11 is 0. The topological polar surface area (TPSA) is 58.6 Å². The zero-order valence-electron chi connectivity index (χ0n) is 10.7. The molecule has 0 aromatic heterocycles. The van der Waals surface area contributed by atoms with E-state index in [-0.39, 0.29) is 17.9 Å². The standard InChI is InChI=1S/C12H22N2O3/c1-3-7-13-10-5-8-14(12(10)16)9-6-11(15)17-4-2/h10,13H,3-9H2,1-2H3. The van der Waals surface area contributed by atoms with Crippen LogP contribution >= 0.6 is 0 Å². The highest BCUT2D eigenvalue weighted by molar-refractivity contribution is 5.84. The number of ether oxygens (including phenoxy) is 1. The van der Waals surface area contributed by atoms with Crippen LogP contribution in [0.3, 0.4) is 0 Å². The number of nitrogens with zero attached hydrogens (tertiary/aromatic N) is 1. The van der Waals surface area contributed by atoms with Gasteiger partial charge in [0, 0.05) is 13.1 Å². The van der Waals surface area contributed by atoms with Gasteiger partial charge in [0.1, 0.15) is 0 Å². The number of likely N-dealkylation sites (tertiary alicyclic amines) is 1. The molecule has 1 aliphatic rings. The number of esters is 1. The van der Waals surface area contributed by atoms with Crippen LogP contribution in [0.1, 0.15) is 33.1 Å². The minimum Gasteiger partial charge on any atom is -0.466 e. The largest absolute Gasteiger partial charge is 0.466 e. The fourth-order valence-electron chi connectivity index (χ4n) is 1.93. The summed E-state index contributed by atoms with van der Waals surface area (Å²) in [4.78, 5) is 24.8. The molecule has 5 heteroatoms. The van der Waals surface area contributed by atoms with Crippen LogP contribution in [-0.4, -0.2) is 49.1 Å². The molecule has 1 N–H and O–H groups in total. The molecule has 1 fully saturated rings. The summed E-state index contributed by atoms with van der Waals surface area (Å²) < 4.78 is 4.84. The molecule has 1 atom stereocenters. The molecule has 0 saturated carbocycles. The van der Waals surface area contributed by atoms with E-state index in [1.54, 1.807) is 11.8 Å². The first kappa shape index (κ1) is 14.0. The lowest BCUT2D eigenvalue weighted by molar-refractivity contribution is -0.143. The molecule has 0 spiro atoms. The molecule has 0 aromatic carbocycles. The number of hydrogen-bond donors (Lipinski definition) is 1. The van der Waals surface area contributed by atoms with Crippen molar-refractivity contribution >= 4 is 11.9 Å². The summed E-state index contributed by atoms with van der Waals surface area (Å²) in [7, 11) is 0. The van der Waals surface area contributed by atoms with Crippen LogP contribution in [0.4, 0.5) is 0 Å². The van der Waals surface area contributed by atoms with Gasteiger partial charge in [0.25, 0.3) is 0 Å². The summed E-state index contributed by atoms with van der Waals surface area (Å²) in [5.41, 5.74) is 0. The van der Waals surface area contributed by atoms with Gasteiger partial charge in [0.2, 0.25) is 5.91 Å². The van der Waals surface area contributed by atoms with E-state index >= 15 is 0 Å². The van der Waals surface area contributed by atoms with E-state index in [9.17, 15) is 9.59 Å². The van der Waals surface area contributed by atoms with Crippen LogP contribution in [0.25, 0.3) is 0 Å². The average molecular weight is 242 g/mol. The van der Waals surface area contributed by atoms with Gasteiger partial charge in [-0.25, -0.2) is 0 Å². The van der Waals surface area contributed by atoms with Crippen molar-refractivity contribution in [2.45, 2.75) is 39.2 Å². The van der Waals surface area contributed by atoms with Crippen LogP contribution in [0.15, 0.2) is 0 Å². The predicted octanol–water partition coefficient (Wildman–Crippen LogP) is 0.540. The van der Waals surface area contributed by atoms with Gasteiger partial charge in [-0.1, -0.05) is 6.92 Å². The van der Waals surface area contributed by atoms with Crippen LogP contribution < -0.4 is 5.32 Å². The van der Waals surface area contributed by atoms with E-state index in [4.69, 9.17) is 4.74 Å². The van der Waals surface area contributed by atoms with E-state index in [0.717, 1.165) is 25.9 Å². The third kappa shape index (κ3) is 4.34. The van der Waals surface area contributed by atoms with Gasteiger partial charge in [-0.05, 0) is 26.3 Å². The Hall–Kier alpha value is -1.10. The lowest BCUT2D eigenvalue weighted by atomic mass is 10.2. The van der Waals surface area contributed by atoms with Crippen molar-refractivity contribution in [1.82, 2.24) is 10.2 Å². The number of carbonyl (C=O) groups excluding carboxylic acids is 2. The van der Waals surface area contributed by atoms with Crippen molar-refractivity contribution < 1.29 is 14.3 Å². The monoisotopic (exact) mass is 242 g/mol. The lowest BCUT2D eigenvalue weighted by Crippen LogP contribution is -2.39. The van der Waals surface area contributed by atoms with Crippen molar-refractivity contribution in [3.63, 3.8) is 0 Å². The van der Waals surface area contributed by atoms with Crippen molar-refractivity contribution in [3.8, 4) is 0 Å².